The topological polar surface area (TPSA) is 57.2 Å². The van der Waals surface area contributed by atoms with Crippen molar-refractivity contribution in [2.45, 2.75) is 6.10 Å². The Labute approximate surface area is 163 Å². The fraction of sp³-hybridized carbons (Fsp3) is 0.316. The zero-order valence-electron chi connectivity index (χ0n) is 14.3. The van der Waals surface area contributed by atoms with Gasteiger partial charge < -0.3 is 23.8 Å². The van der Waals surface area contributed by atoms with E-state index in [2.05, 4.69) is 15.9 Å². The number of hydrogen-bond donors (Lipinski definition) is 0. The van der Waals surface area contributed by atoms with E-state index in [1.54, 1.807) is 35.2 Å². The van der Waals surface area contributed by atoms with Crippen LogP contribution in [0.3, 0.4) is 0 Å². The van der Waals surface area contributed by atoms with Gasteiger partial charge in [0.05, 0.1) is 23.2 Å². The first-order valence-corrected chi connectivity index (χ1v) is 9.28. The Kier molecular flexibility index (Phi) is 5.18. The van der Waals surface area contributed by atoms with Crippen LogP contribution in [0.4, 0.5) is 4.39 Å². The molecule has 0 N–H and O–H groups in total. The molecule has 8 heteroatoms. The Balaban J connectivity index is 1.38. The maximum absolute atomic E-state index is 14.2. The van der Waals surface area contributed by atoms with E-state index in [0.717, 1.165) is 0 Å². The largest absolute Gasteiger partial charge is 0.491 e. The molecule has 1 unspecified atom stereocenters. The molecule has 4 rings (SSSR count). The van der Waals surface area contributed by atoms with Gasteiger partial charge in [-0.25, -0.2) is 4.39 Å². The van der Waals surface area contributed by atoms with Crippen LogP contribution in [0.25, 0.3) is 0 Å². The maximum atomic E-state index is 14.2. The third-order valence-electron chi connectivity index (χ3n) is 4.39. The number of benzene rings is 2. The van der Waals surface area contributed by atoms with Gasteiger partial charge >= 0.3 is 0 Å². The lowest BCUT2D eigenvalue weighted by atomic mass is 10.1. The molecule has 2 heterocycles. The Bertz CT molecular complexity index is 862. The average molecular weight is 438 g/mol. The van der Waals surface area contributed by atoms with Crippen molar-refractivity contribution in [1.29, 1.82) is 0 Å². The molecule has 0 bridgehead atoms. The summed E-state index contributed by atoms with van der Waals surface area (Å²) in [5.41, 5.74) is 0.0433. The first kappa shape index (κ1) is 18.1. The molecule has 2 aliphatic rings. The van der Waals surface area contributed by atoms with Crippen molar-refractivity contribution in [2.24, 2.45) is 0 Å². The SMILES string of the molecule is O=C(c1cccc(Br)c1F)N1CCOC(COc2ccc3c(c2)OCO3)C1. The van der Waals surface area contributed by atoms with E-state index in [1.807, 2.05) is 0 Å². The second-order valence-corrected chi connectivity index (χ2v) is 7.03. The standard InChI is InChI=1S/C19H17BrFNO5/c20-15-3-1-2-14(18(15)21)19(23)22-6-7-24-13(9-22)10-25-12-4-5-16-17(8-12)27-11-26-16/h1-5,8,13H,6-7,9-11H2. The molecule has 2 aliphatic heterocycles. The van der Waals surface area contributed by atoms with Crippen molar-refractivity contribution in [3.05, 3.63) is 52.3 Å². The summed E-state index contributed by atoms with van der Waals surface area (Å²) in [6, 6.07) is 10.0. The molecule has 0 aliphatic carbocycles. The fourth-order valence-electron chi connectivity index (χ4n) is 3.00. The number of ether oxygens (including phenoxy) is 4. The summed E-state index contributed by atoms with van der Waals surface area (Å²) in [4.78, 5) is 14.2. The highest BCUT2D eigenvalue weighted by Crippen LogP contribution is 2.35. The molecule has 0 saturated carbocycles. The minimum absolute atomic E-state index is 0.0433. The number of amides is 1. The second-order valence-electron chi connectivity index (χ2n) is 6.17. The van der Waals surface area contributed by atoms with Crippen molar-refractivity contribution >= 4 is 21.8 Å². The van der Waals surface area contributed by atoms with Crippen LogP contribution in [0.15, 0.2) is 40.9 Å². The van der Waals surface area contributed by atoms with Crippen LogP contribution in [-0.2, 0) is 4.74 Å². The number of halogens is 2. The summed E-state index contributed by atoms with van der Waals surface area (Å²) in [5.74, 6) is 1.04. The van der Waals surface area contributed by atoms with Crippen LogP contribution in [0.5, 0.6) is 17.2 Å². The van der Waals surface area contributed by atoms with Gasteiger partial charge in [-0.1, -0.05) is 6.07 Å². The monoisotopic (exact) mass is 437 g/mol. The summed E-state index contributed by atoms with van der Waals surface area (Å²) in [7, 11) is 0. The highest BCUT2D eigenvalue weighted by Gasteiger charge is 2.27. The van der Waals surface area contributed by atoms with Gasteiger partial charge in [-0.2, -0.15) is 0 Å². The predicted molar refractivity (Wildman–Crippen MR) is 97.8 cm³/mol. The summed E-state index contributed by atoms with van der Waals surface area (Å²) in [5, 5.41) is 0. The normalized spacial score (nSPS) is 18.4. The Morgan fingerprint density at radius 3 is 3.00 bits per heavy atom. The zero-order chi connectivity index (χ0) is 18.8. The molecule has 1 amide bonds. The molecule has 1 atom stereocenters. The second kappa shape index (κ2) is 7.74. The van der Waals surface area contributed by atoms with E-state index in [9.17, 15) is 9.18 Å². The smallest absolute Gasteiger partial charge is 0.257 e. The summed E-state index contributed by atoms with van der Waals surface area (Å²) in [6.07, 6.45) is -0.302. The van der Waals surface area contributed by atoms with Gasteiger partial charge in [-0.15, -0.1) is 0 Å². The molecule has 27 heavy (non-hydrogen) atoms. The number of nitrogens with zero attached hydrogens (tertiary/aromatic N) is 1. The van der Waals surface area contributed by atoms with Gasteiger partial charge in [-0.3, -0.25) is 4.79 Å². The van der Waals surface area contributed by atoms with Gasteiger partial charge in [0.15, 0.2) is 11.5 Å². The lowest BCUT2D eigenvalue weighted by Crippen LogP contribution is -2.47. The van der Waals surface area contributed by atoms with Gasteiger partial charge in [0.1, 0.15) is 24.3 Å². The van der Waals surface area contributed by atoms with Crippen molar-refractivity contribution in [1.82, 2.24) is 4.90 Å². The minimum Gasteiger partial charge on any atom is -0.491 e. The zero-order valence-corrected chi connectivity index (χ0v) is 15.9. The summed E-state index contributed by atoms with van der Waals surface area (Å²) < 4.78 is 36.5. The maximum Gasteiger partial charge on any atom is 0.257 e. The molecule has 6 nitrogen and oxygen atoms in total. The van der Waals surface area contributed by atoms with Crippen LogP contribution in [-0.4, -0.2) is 50.0 Å². The highest BCUT2D eigenvalue weighted by atomic mass is 79.9. The first-order chi connectivity index (χ1) is 13.1. The van der Waals surface area contributed by atoms with E-state index in [0.29, 0.717) is 36.9 Å². The number of carbonyl (C=O) groups is 1. The molecule has 2 aromatic rings. The minimum atomic E-state index is -0.554. The molecular weight excluding hydrogens is 421 g/mol. The van der Waals surface area contributed by atoms with Crippen LogP contribution < -0.4 is 14.2 Å². The lowest BCUT2D eigenvalue weighted by Gasteiger charge is -2.33. The highest BCUT2D eigenvalue weighted by molar-refractivity contribution is 9.10. The van der Waals surface area contributed by atoms with Gasteiger partial charge in [0.25, 0.3) is 5.91 Å². The van der Waals surface area contributed by atoms with Crippen molar-refractivity contribution in [3.8, 4) is 17.2 Å². The number of rotatable bonds is 4. The van der Waals surface area contributed by atoms with Crippen LogP contribution in [0.1, 0.15) is 10.4 Å². The van der Waals surface area contributed by atoms with E-state index in [-0.39, 0.29) is 35.4 Å². The molecule has 1 saturated heterocycles. The summed E-state index contributed by atoms with van der Waals surface area (Å²) >= 11 is 3.11. The number of morpholine rings is 1. The average Bonchev–Trinajstić information content (AvgIpc) is 3.16. The molecule has 0 radical (unpaired) electrons. The number of hydrogen-bond acceptors (Lipinski definition) is 5. The Hall–Kier alpha value is -2.32. The van der Waals surface area contributed by atoms with Crippen LogP contribution in [0.2, 0.25) is 0 Å². The molecule has 0 aromatic heterocycles. The van der Waals surface area contributed by atoms with Crippen molar-refractivity contribution in [3.63, 3.8) is 0 Å². The Morgan fingerprint density at radius 1 is 1.26 bits per heavy atom. The third-order valence-corrected chi connectivity index (χ3v) is 5.00. The lowest BCUT2D eigenvalue weighted by molar-refractivity contribution is -0.0402. The van der Waals surface area contributed by atoms with Crippen molar-refractivity contribution < 1.29 is 28.1 Å². The van der Waals surface area contributed by atoms with E-state index in [4.69, 9.17) is 18.9 Å². The van der Waals surface area contributed by atoms with Crippen LogP contribution >= 0.6 is 15.9 Å². The predicted octanol–water partition coefficient (Wildman–Crippen LogP) is 3.24. The number of fused-ring (bicyclic) bond motifs is 1. The molecular formula is C19H17BrFNO5. The quantitative estimate of drug-likeness (QED) is 0.734. The van der Waals surface area contributed by atoms with Gasteiger partial charge in [0.2, 0.25) is 6.79 Å². The Morgan fingerprint density at radius 2 is 2.11 bits per heavy atom. The molecule has 2 aromatic carbocycles. The van der Waals surface area contributed by atoms with Crippen LogP contribution in [0, 0.1) is 5.82 Å². The summed E-state index contributed by atoms with van der Waals surface area (Å²) in [6.45, 7) is 1.58. The molecule has 0 spiro atoms. The van der Waals surface area contributed by atoms with Crippen molar-refractivity contribution in [2.75, 3.05) is 33.1 Å². The first-order valence-electron chi connectivity index (χ1n) is 8.49. The van der Waals surface area contributed by atoms with Gasteiger partial charge in [-0.05, 0) is 40.2 Å². The van der Waals surface area contributed by atoms with E-state index >= 15 is 0 Å². The van der Waals surface area contributed by atoms with E-state index in [1.165, 1.54) is 6.07 Å². The molecule has 1 fully saturated rings. The van der Waals surface area contributed by atoms with Gasteiger partial charge in [0, 0.05) is 12.6 Å². The molecule has 142 valence electrons. The number of carbonyl (C=O) groups excluding carboxylic acids is 1. The fourth-order valence-corrected chi connectivity index (χ4v) is 3.37. The van der Waals surface area contributed by atoms with E-state index < -0.39 is 5.82 Å². The third kappa shape index (κ3) is 3.86.